The van der Waals surface area contributed by atoms with Crippen LogP contribution in [-0.4, -0.2) is 24.1 Å². The molecule has 0 saturated carbocycles. The minimum atomic E-state index is -0.859. The fraction of sp³-hybridized carbons (Fsp3) is 0.500. The van der Waals surface area contributed by atoms with E-state index in [-0.39, 0.29) is 4.75 Å². The van der Waals surface area contributed by atoms with E-state index < -0.39 is 10.8 Å². The number of hydrogen-bond acceptors (Lipinski definition) is 2. The molecule has 0 aliphatic rings. The monoisotopic (exact) mass is 298 g/mol. The van der Waals surface area contributed by atoms with Crippen LogP contribution in [0.1, 0.15) is 32.0 Å². The van der Waals surface area contributed by atoms with Gasteiger partial charge in [-0.2, -0.15) is 0 Å². The maximum atomic E-state index is 12.1. The zero-order valence-electron chi connectivity index (χ0n) is 11.7. The van der Waals surface area contributed by atoms with Gasteiger partial charge in [0.1, 0.15) is 0 Å². The molecule has 2 aromatic rings. The quantitative estimate of drug-likeness (QED) is 0.870. The first-order valence-electron chi connectivity index (χ1n) is 6.30. The van der Waals surface area contributed by atoms with Crippen molar-refractivity contribution in [3.05, 3.63) is 34.9 Å². The number of imidazole rings is 1. The molecule has 0 N–H and O–H groups in total. The van der Waals surface area contributed by atoms with Gasteiger partial charge in [-0.15, -0.1) is 0 Å². The third-order valence-corrected chi connectivity index (χ3v) is 5.52. The molecule has 3 nitrogen and oxygen atoms in total. The third-order valence-electron chi connectivity index (χ3n) is 3.17. The molecule has 0 amide bonds. The Hall–Kier alpha value is -0.870. The minimum absolute atomic E-state index is 0.178. The number of aromatic nitrogens is 2. The molecule has 0 saturated heterocycles. The van der Waals surface area contributed by atoms with Gasteiger partial charge >= 0.3 is 0 Å². The summed E-state index contributed by atoms with van der Waals surface area (Å²) >= 11 is 6.15. The first-order chi connectivity index (χ1) is 8.80. The highest BCUT2D eigenvalue weighted by Crippen LogP contribution is 2.23. The van der Waals surface area contributed by atoms with E-state index in [0.717, 1.165) is 21.8 Å². The first kappa shape index (κ1) is 14.5. The lowest BCUT2D eigenvalue weighted by Gasteiger charge is -2.17. The van der Waals surface area contributed by atoms with Crippen LogP contribution in [0.15, 0.2) is 18.6 Å². The van der Waals surface area contributed by atoms with Crippen molar-refractivity contribution in [2.45, 2.75) is 38.9 Å². The van der Waals surface area contributed by atoms with Crippen LogP contribution in [0.25, 0.3) is 5.52 Å². The van der Waals surface area contributed by atoms with E-state index in [0.29, 0.717) is 12.2 Å². The van der Waals surface area contributed by atoms with Crippen LogP contribution >= 0.6 is 11.6 Å². The lowest BCUT2D eigenvalue weighted by atomic mass is 10.2. The van der Waals surface area contributed by atoms with E-state index in [4.69, 9.17) is 11.6 Å². The van der Waals surface area contributed by atoms with Crippen LogP contribution in [0.2, 0.25) is 5.02 Å². The predicted molar refractivity (Wildman–Crippen MR) is 81.4 cm³/mol. The highest BCUT2D eigenvalue weighted by Gasteiger charge is 2.20. The molecule has 2 rings (SSSR count). The second kappa shape index (κ2) is 5.25. The Bertz CT molecular complexity index is 628. The summed E-state index contributed by atoms with van der Waals surface area (Å²) < 4.78 is 13.9. The number of rotatable bonds is 3. The summed E-state index contributed by atoms with van der Waals surface area (Å²) in [6.45, 7) is 7.98. The highest BCUT2D eigenvalue weighted by molar-refractivity contribution is 7.86. The Morgan fingerprint density at radius 2 is 2.11 bits per heavy atom. The minimum Gasteiger partial charge on any atom is -0.306 e. The molecular formula is C14H19ClN2OS. The summed E-state index contributed by atoms with van der Waals surface area (Å²) in [7, 11) is -0.859. The lowest BCUT2D eigenvalue weighted by molar-refractivity contribution is 0.648. The summed E-state index contributed by atoms with van der Waals surface area (Å²) in [5, 5.41) is 0.742. The van der Waals surface area contributed by atoms with Crippen molar-refractivity contribution in [1.82, 2.24) is 9.38 Å². The van der Waals surface area contributed by atoms with Crippen LogP contribution in [0.3, 0.4) is 0 Å². The summed E-state index contributed by atoms with van der Waals surface area (Å²) in [6, 6.07) is 1.86. The molecule has 0 spiro atoms. The average Bonchev–Trinajstić information content (AvgIpc) is 2.73. The molecule has 2 heterocycles. The largest absolute Gasteiger partial charge is 0.306 e. The van der Waals surface area contributed by atoms with Crippen molar-refractivity contribution >= 4 is 27.9 Å². The molecule has 2 aromatic heterocycles. The molecule has 0 aliphatic carbocycles. The smallest absolute Gasteiger partial charge is 0.0995 e. The Morgan fingerprint density at radius 1 is 1.42 bits per heavy atom. The summed E-state index contributed by atoms with van der Waals surface area (Å²) in [6.07, 6.45) is 4.40. The van der Waals surface area contributed by atoms with Crippen LogP contribution in [0.4, 0.5) is 0 Å². The molecule has 0 radical (unpaired) electrons. The van der Waals surface area contributed by atoms with Crippen molar-refractivity contribution < 1.29 is 4.21 Å². The maximum Gasteiger partial charge on any atom is 0.0995 e. The zero-order valence-corrected chi connectivity index (χ0v) is 13.3. The number of halogens is 1. The Balaban J connectivity index is 2.27. The standard InChI is InChI=1S/C14H19ClN2OS/c1-10-11(15)5-7-17-9-16-12(13(10)17)6-8-19(18)14(2,3)4/h5,7,9H,6,8H2,1-4H3. The Kier molecular flexibility index (Phi) is 4.02. The molecular weight excluding hydrogens is 280 g/mol. The molecule has 1 atom stereocenters. The first-order valence-corrected chi connectivity index (χ1v) is 7.99. The number of aryl methyl sites for hydroxylation is 2. The number of hydrogen-bond donors (Lipinski definition) is 0. The van der Waals surface area contributed by atoms with Crippen LogP contribution in [0.5, 0.6) is 0 Å². The van der Waals surface area contributed by atoms with Crippen LogP contribution < -0.4 is 0 Å². The van der Waals surface area contributed by atoms with Gasteiger partial charge < -0.3 is 4.40 Å². The van der Waals surface area contributed by atoms with E-state index in [9.17, 15) is 4.21 Å². The SMILES string of the molecule is Cc1c(Cl)ccn2cnc(CCS(=O)C(C)(C)C)c12. The molecule has 5 heteroatoms. The fourth-order valence-corrected chi connectivity index (χ4v) is 3.12. The van der Waals surface area contributed by atoms with E-state index in [2.05, 4.69) is 4.98 Å². The van der Waals surface area contributed by atoms with Crippen LogP contribution in [0, 0.1) is 6.92 Å². The maximum absolute atomic E-state index is 12.1. The second-order valence-corrected chi connectivity index (χ2v) is 8.38. The fourth-order valence-electron chi connectivity index (χ4n) is 1.99. The molecule has 19 heavy (non-hydrogen) atoms. The van der Waals surface area contributed by atoms with Crippen molar-refractivity contribution in [2.75, 3.05) is 5.75 Å². The third kappa shape index (κ3) is 3.00. The molecule has 0 aromatic carbocycles. The average molecular weight is 299 g/mol. The van der Waals surface area contributed by atoms with Gasteiger partial charge in [0.15, 0.2) is 0 Å². The zero-order chi connectivity index (χ0) is 14.2. The van der Waals surface area contributed by atoms with Gasteiger partial charge in [0.2, 0.25) is 0 Å². The normalized spacial score (nSPS) is 13.9. The van der Waals surface area contributed by atoms with E-state index in [1.807, 2.05) is 44.4 Å². The van der Waals surface area contributed by atoms with Gasteiger partial charge in [0.25, 0.3) is 0 Å². The lowest BCUT2D eigenvalue weighted by Crippen LogP contribution is -2.24. The van der Waals surface area contributed by atoms with E-state index >= 15 is 0 Å². The van der Waals surface area contributed by atoms with Gasteiger partial charge in [-0.3, -0.25) is 4.21 Å². The van der Waals surface area contributed by atoms with Gasteiger partial charge in [0, 0.05) is 38.9 Å². The van der Waals surface area contributed by atoms with Gasteiger partial charge in [-0.05, 0) is 39.3 Å². The van der Waals surface area contributed by atoms with Crippen molar-refractivity contribution in [1.29, 1.82) is 0 Å². The van der Waals surface area contributed by atoms with Crippen molar-refractivity contribution in [3.63, 3.8) is 0 Å². The van der Waals surface area contributed by atoms with E-state index in [1.165, 1.54) is 0 Å². The number of fused-ring (bicyclic) bond motifs is 1. The molecule has 0 aliphatic heterocycles. The summed E-state index contributed by atoms with van der Waals surface area (Å²) in [4.78, 5) is 4.42. The molecule has 0 bridgehead atoms. The predicted octanol–water partition coefficient (Wildman–Crippen LogP) is 3.39. The molecule has 1 unspecified atom stereocenters. The van der Waals surface area contributed by atoms with Crippen LogP contribution in [-0.2, 0) is 17.2 Å². The van der Waals surface area contributed by atoms with Gasteiger partial charge in [-0.25, -0.2) is 4.98 Å². The second-order valence-electron chi connectivity index (χ2n) is 5.65. The van der Waals surface area contributed by atoms with Crippen molar-refractivity contribution in [2.24, 2.45) is 0 Å². The Morgan fingerprint density at radius 3 is 2.74 bits per heavy atom. The Labute approximate surface area is 121 Å². The van der Waals surface area contributed by atoms with E-state index in [1.54, 1.807) is 6.33 Å². The summed E-state index contributed by atoms with van der Waals surface area (Å²) in [5.74, 6) is 0.627. The van der Waals surface area contributed by atoms with Gasteiger partial charge in [-0.1, -0.05) is 11.6 Å². The van der Waals surface area contributed by atoms with Gasteiger partial charge in [0.05, 0.1) is 17.5 Å². The number of pyridine rings is 1. The topological polar surface area (TPSA) is 34.4 Å². The van der Waals surface area contributed by atoms with Crippen molar-refractivity contribution in [3.8, 4) is 0 Å². The number of nitrogens with zero attached hydrogens (tertiary/aromatic N) is 2. The molecule has 104 valence electrons. The summed E-state index contributed by atoms with van der Waals surface area (Å²) in [5.41, 5.74) is 3.04. The highest BCUT2D eigenvalue weighted by atomic mass is 35.5. The molecule has 0 fully saturated rings.